The van der Waals surface area contributed by atoms with E-state index in [-0.39, 0.29) is 0 Å². The molecule has 0 aliphatic heterocycles. The fraction of sp³-hybridized carbons (Fsp3) is 1.00. The minimum atomic E-state index is -1.47. The van der Waals surface area contributed by atoms with Gasteiger partial charge >= 0.3 is 0 Å². The summed E-state index contributed by atoms with van der Waals surface area (Å²) in [6.07, 6.45) is 22.5. The largest absolute Gasteiger partial charge is 0.420 e. The number of rotatable bonds is 10. The van der Waals surface area contributed by atoms with E-state index in [4.69, 9.17) is 4.43 Å². The summed E-state index contributed by atoms with van der Waals surface area (Å²) in [4.78, 5) is 0. The monoisotopic (exact) mass is 350 g/mol. The van der Waals surface area contributed by atoms with Crippen molar-refractivity contribution in [3.05, 3.63) is 0 Å². The molecule has 0 N–H and O–H groups in total. The van der Waals surface area contributed by atoms with Crippen LogP contribution in [0.5, 0.6) is 0 Å². The van der Waals surface area contributed by atoms with Gasteiger partial charge < -0.3 is 4.43 Å². The lowest BCUT2D eigenvalue weighted by Gasteiger charge is -2.33. The standard InChI is InChI=1S/C22H42OSi/c1-23-24(17-14-20-8-2-3-9-20,18-15-21-10-4-5-11-21)19-16-22-12-6-7-13-22/h20-22H,2-19H2,1H3. The molecule has 2 heteroatoms. The predicted molar refractivity (Wildman–Crippen MR) is 107 cm³/mol. The fourth-order valence-corrected chi connectivity index (χ4v) is 10.1. The van der Waals surface area contributed by atoms with E-state index < -0.39 is 8.32 Å². The molecule has 3 rings (SSSR count). The van der Waals surface area contributed by atoms with Crippen molar-refractivity contribution in [3.8, 4) is 0 Å². The van der Waals surface area contributed by atoms with Gasteiger partial charge in [-0.3, -0.25) is 0 Å². The highest BCUT2D eigenvalue weighted by molar-refractivity contribution is 6.73. The number of hydrogen-bond donors (Lipinski definition) is 0. The average molecular weight is 351 g/mol. The van der Waals surface area contributed by atoms with Crippen LogP contribution >= 0.6 is 0 Å². The molecule has 0 aromatic heterocycles. The Morgan fingerprint density at radius 3 is 1.12 bits per heavy atom. The Hall–Kier alpha value is 0.177. The molecular weight excluding hydrogens is 308 g/mol. The minimum Gasteiger partial charge on any atom is -0.420 e. The third kappa shape index (κ3) is 5.59. The van der Waals surface area contributed by atoms with Crippen molar-refractivity contribution in [1.29, 1.82) is 0 Å². The number of hydrogen-bond acceptors (Lipinski definition) is 1. The summed E-state index contributed by atoms with van der Waals surface area (Å²) < 4.78 is 6.46. The SMILES string of the molecule is CO[Si](CCC1CCCC1)(CCC1CCCC1)CCC1CCCC1. The molecule has 0 spiro atoms. The first-order valence-electron chi connectivity index (χ1n) is 11.3. The minimum absolute atomic E-state index is 1.05. The Balaban J connectivity index is 1.52. The van der Waals surface area contributed by atoms with Crippen molar-refractivity contribution in [2.24, 2.45) is 17.8 Å². The van der Waals surface area contributed by atoms with Gasteiger partial charge in [-0.15, -0.1) is 0 Å². The molecule has 140 valence electrons. The summed E-state index contributed by atoms with van der Waals surface area (Å²) >= 11 is 0. The van der Waals surface area contributed by atoms with Crippen LogP contribution in [0.4, 0.5) is 0 Å². The molecule has 0 amide bonds. The van der Waals surface area contributed by atoms with Crippen molar-refractivity contribution < 1.29 is 4.43 Å². The average Bonchev–Trinajstić information content (AvgIpc) is 3.37. The molecule has 1 nitrogen and oxygen atoms in total. The molecule has 3 aliphatic rings. The van der Waals surface area contributed by atoms with Gasteiger partial charge in [-0.2, -0.15) is 0 Å². The zero-order chi connectivity index (χ0) is 16.7. The predicted octanol–water partition coefficient (Wildman–Crippen LogP) is 7.32. The second-order valence-electron chi connectivity index (χ2n) is 9.45. The lowest BCUT2D eigenvalue weighted by molar-refractivity contribution is 0.364. The van der Waals surface area contributed by atoms with Gasteiger partial charge in [0.25, 0.3) is 0 Å². The van der Waals surface area contributed by atoms with Crippen LogP contribution in [0.1, 0.15) is 96.3 Å². The summed E-state index contributed by atoms with van der Waals surface area (Å²) in [6, 6.07) is 4.44. The van der Waals surface area contributed by atoms with E-state index in [1.54, 1.807) is 0 Å². The quantitative estimate of drug-likeness (QED) is 0.375. The van der Waals surface area contributed by atoms with Crippen LogP contribution in [0.25, 0.3) is 0 Å². The molecule has 0 heterocycles. The first-order valence-corrected chi connectivity index (χ1v) is 13.9. The van der Waals surface area contributed by atoms with Gasteiger partial charge in [-0.1, -0.05) is 96.3 Å². The molecule has 0 atom stereocenters. The molecule has 3 saturated carbocycles. The van der Waals surface area contributed by atoms with Gasteiger partial charge in [0.2, 0.25) is 0 Å². The van der Waals surface area contributed by atoms with Gasteiger partial charge in [0, 0.05) is 7.11 Å². The molecule has 0 saturated heterocycles. The maximum Gasteiger partial charge on any atom is 0.192 e. The van der Waals surface area contributed by atoms with Crippen LogP contribution in [0.2, 0.25) is 18.1 Å². The Kier molecular flexibility index (Phi) is 7.71. The van der Waals surface area contributed by atoms with Crippen LogP contribution in [0.3, 0.4) is 0 Å². The van der Waals surface area contributed by atoms with E-state index in [9.17, 15) is 0 Å². The second-order valence-corrected chi connectivity index (χ2v) is 13.7. The Labute approximate surface area is 152 Å². The van der Waals surface area contributed by atoms with E-state index in [2.05, 4.69) is 7.11 Å². The Bertz CT molecular complexity index is 288. The zero-order valence-corrected chi connectivity index (χ0v) is 17.4. The summed E-state index contributed by atoms with van der Waals surface area (Å²) in [7, 11) is 0.615. The van der Waals surface area contributed by atoms with Crippen LogP contribution in [0.15, 0.2) is 0 Å². The molecule has 0 bridgehead atoms. The lowest BCUT2D eigenvalue weighted by Crippen LogP contribution is -2.38. The molecule has 3 aliphatic carbocycles. The van der Waals surface area contributed by atoms with E-state index in [0.717, 1.165) is 17.8 Å². The molecule has 0 radical (unpaired) electrons. The first-order chi connectivity index (χ1) is 11.8. The Morgan fingerprint density at radius 1 is 0.583 bits per heavy atom. The molecule has 24 heavy (non-hydrogen) atoms. The van der Waals surface area contributed by atoms with Crippen LogP contribution < -0.4 is 0 Å². The van der Waals surface area contributed by atoms with Crippen LogP contribution in [-0.2, 0) is 4.43 Å². The first kappa shape index (κ1) is 19.0. The highest BCUT2D eigenvalue weighted by Gasteiger charge is 2.36. The van der Waals surface area contributed by atoms with E-state index in [1.807, 2.05) is 0 Å². The van der Waals surface area contributed by atoms with Crippen LogP contribution in [-0.4, -0.2) is 15.4 Å². The molecule has 0 aromatic carbocycles. The third-order valence-electron chi connectivity index (χ3n) is 7.88. The molecule has 0 aromatic rings. The smallest absolute Gasteiger partial charge is 0.192 e. The molecule has 3 fully saturated rings. The normalized spacial score (nSPS) is 24.4. The van der Waals surface area contributed by atoms with E-state index in [0.29, 0.717) is 0 Å². The summed E-state index contributed by atoms with van der Waals surface area (Å²) in [5, 5.41) is 0. The van der Waals surface area contributed by atoms with Gasteiger partial charge in [0.1, 0.15) is 0 Å². The summed E-state index contributed by atoms with van der Waals surface area (Å²) in [5.41, 5.74) is 0. The third-order valence-corrected chi connectivity index (χ3v) is 12.3. The maximum absolute atomic E-state index is 6.46. The molecule has 0 unspecified atom stereocenters. The summed E-state index contributed by atoms with van der Waals surface area (Å²) in [6.45, 7) is 0. The highest BCUT2D eigenvalue weighted by atomic mass is 28.4. The van der Waals surface area contributed by atoms with E-state index in [1.165, 1.54) is 114 Å². The van der Waals surface area contributed by atoms with Gasteiger partial charge in [0.15, 0.2) is 8.32 Å². The zero-order valence-electron chi connectivity index (χ0n) is 16.4. The lowest BCUT2D eigenvalue weighted by atomic mass is 10.1. The van der Waals surface area contributed by atoms with Crippen molar-refractivity contribution in [3.63, 3.8) is 0 Å². The van der Waals surface area contributed by atoms with Crippen molar-refractivity contribution in [2.75, 3.05) is 7.11 Å². The van der Waals surface area contributed by atoms with Crippen molar-refractivity contribution >= 4 is 8.32 Å². The molecular formula is C22H42OSi. The van der Waals surface area contributed by atoms with Crippen molar-refractivity contribution in [1.82, 2.24) is 0 Å². The van der Waals surface area contributed by atoms with Gasteiger partial charge in [-0.05, 0) is 35.9 Å². The second kappa shape index (κ2) is 9.76. The van der Waals surface area contributed by atoms with E-state index >= 15 is 0 Å². The maximum atomic E-state index is 6.46. The van der Waals surface area contributed by atoms with Gasteiger partial charge in [0.05, 0.1) is 0 Å². The van der Waals surface area contributed by atoms with Gasteiger partial charge in [-0.25, -0.2) is 0 Å². The summed E-state index contributed by atoms with van der Waals surface area (Å²) in [5.74, 6) is 3.14. The fourth-order valence-electron chi connectivity index (χ4n) is 5.98. The highest BCUT2D eigenvalue weighted by Crippen LogP contribution is 2.39. The van der Waals surface area contributed by atoms with Crippen LogP contribution in [0, 0.1) is 17.8 Å². The Morgan fingerprint density at radius 2 is 0.875 bits per heavy atom. The van der Waals surface area contributed by atoms with Crippen molar-refractivity contribution in [2.45, 2.75) is 114 Å². The topological polar surface area (TPSA) is 9.23 Å².